The van der Waals surface area contributed by atoms with Crippen LogP contribution in [0.15, 0.2) is 161 Å². The van der Waals surface area contributed by atoms with Crippen LogP contribution in [0.1, 0.15) is 0 Å². The highest BCUT2D eigenvalue weighted by Gasteiger charge is 2.30. The van der Waals surface area contributed by atoms with Gasteiger partial charge in [0, 0.05) is 20.9 Å². The first-order chi connectivity index (χ1) is 19.9. The number of anilines is 3. The van der Waals surface area contributed by atoms with Crippen LogP contribution in [0.3, 0.4) is 0 Å². The van der Waals surface area contributed by atoms with Crippen LogP contribution in [0.25, 0.3) is 43.8 Å². The number of rotatable bonds is 3. The van der Waals surface area contributed by atoms with Crippen molar-refractivity contribution >= 4 is 50.4 Å². The molecule has 0 saturated heterocycles. The van der Waals surface area contributed by atoms with Gasteiger partial charge in [0.2, 0.25) is 0 Å². The van der Waals surface area contributed by atoms with Gasteiger partial charge in [-0.25, -0.2) is 0 Å². The van der Waals surface area contributed by atoms with Crippen molar-refractivity contribution in [3.05, 3.63) is 152 Å². The maximum absolute atomic E-state index is 2.48. The van der Waals surface area contributed by atoms with Crippen molar-refractivity contribution in [1.29, 1.82) is 0 Å². The number of hydrogen-bond donors (Lipinski definition) is 0. The predicted octanol–water partition coefficient (Wildman–Crippen LogP) is 11.3. The quantitative estimate of drug-likeness (QED) is 0.225. The minimum Gasteiger partial charge on any atom is -0.308 e. The van der Waals surface area contributed by atoms with Crippen LogP contribution in [0.5, 0.6) is 0 Å². The normalized spacial score (nSPS) is 12.3. The molecule has 0 radical (unpaired) electrons. The molecule has 1 aliphatic heterocycles. The van der Waals surface area contributed by atoms with Gasteiger partial charge in [0.25, 0.3) is 0 Å². The zero-order chi connectivity index (χ0) is 26.5. The molecule has 188 valence electrons. The molecule has 8 rings (SSSR count). The van der Waals surface area contributed by atoms with E-state index in [4.69, 9.17) is 0 Å². The summed E-state index contributed by atoms with van der Waals surface area (Å²) in [6.45, 7) is 0. The van der Waals surface area contributed by atoms with Crippen LogP contribution in [0.2, 0.25) is 0 Å². The van der Waals surface area contributed by atoms with E-state index < -0.39 is 0 Å². The van der Waals surface area contributed by atoms with Crippen LogP contribution in [-0.2, 0) is 0 Å². The molecule has 7 aromatic carbocycles. The number of benzene rings is 7. The Balaban J connectivity index is 1.49. The van der Waals surface area contributed by atoms with E-state index in [9.17, 15) is 0 Å². The molecule has 0 fully saturated rings. The molecule has 0 aliphatic carbocycles. The molecule has 0 saturated carbocycles. The Labute approximate surface area is 238 Å². The van der Waals surface area contributed by atoms with E-state index in [-0.39, 0.29) is 0 Å². The van der Waals surface area contributed by atoms with Crippen molar-refractivity contribution in [2.45, 2.75) is 9.79 Å². The molecular formula is C38H25NS. The maximum atomic E-state index is 2.48. The largest absolute Gasteiger partial charge is 0.308 e. The molecule has 1 nitrogen and oxygen atoms in total. The molecule has 1 aliphatic rings. The van der Waals surface area contributed by atoms with Crippen LogP contribution in [-0.4, -0.2) is 0 Å². The molecular weight excluding hydrogens is 502 g/mol. The van der Waals surface area contributed by atoms with E-state index >= 15 is 0 Å². The first-order valence-corrected chi connectivity index (χ1v) is 14.4. The van der Waals surface area contributed by atoms with Gasteiger partial charge in [-0.3, -0.25) is 0 Å². The van der Waals surface area contributed by atoms with E-state index in [1.54, 1.807) is 0 Å². The number of fused-ring (bicyclic) bond motifs is 6. The molecule has 7 aromatic rings. The average Bonchev–Trinajstić information content (AvgIpc) is 3.04. The van der Waals surface area contributed by atoms with Crippen LogP contribution < -0.4 is 4.90 Å². The van der Waals surface area contributed by atoms with Crippen molar-refractivity contribution in [2.75, 3.05) is 4.90 Å². The first-order valence-electron chi connectivity index (χ1n) is 13.6. The van der Waals surface area contributed by atoms with Gasteiger partial charge in [-0.05, 0) is 62.7 Å². The molecule has 0 unspecified atom stereocenters. The number of nitrogens with zero attached hydrogens (tertiary/aromatic N) is 1. The second kappa shape index (κ2) is 9.44. The molecule has 40 heavy (non-hydrogen) atoms. The number of para-hydroxylation sites is 1. The van der Waals surface area contributed by atoms with Crippen LogP contribution >= 0.6 is 11.8 Å². The highest BCUT2D eigenvalue weighted by atomic mass is 32.2. The lowest BCUT2D eigenvalue weighted by molar-refractivity contribution is 1.19. The standard InChI is InChI=1S/C38H25NS/c1-4-14-26(15-5-1)33-24-35-38(32-23-13-11-21-30(32)33)40-36-25-34(27-16-6-2-7-17-27)29-20-10-12-22-31(29)37(36)39(35)28-18-8-3-9-19-28/h1-25H. The van der Waals surface area contributed by atoms with Gasteiger partial charge in [0.05, 0.1) is 11.4 Å². The Morgan fingerprint density at radius 2 is 0.900 bits per heavy atom. The van der Waals surface area contributed by atoms with Crippen molar-refractivity contribution in [1.82, 2.24) is 0 Å². The van der Waals surface area contributed by atoms with Crippen molar-refractivity contribution in [2.24, 2.45) is 0 Å². The van der Waals surface area contributed by atoms with Crippen molar-refractivity contribution in [3.8, 4) is 22.3 Å². The Morgan fingerprint density at radius 3 is 1.52 bits per heavy atom. The van der Waals surface area contributed by atoms with E-state index in [1.807, 2.05) is 11.8 Å². The smallest absolute Gasteiger partial charge is 0.0680 e. The third-order valence-electron chi connectivity index (χ3n) is 7.82. The molecule has 0 N–H and O–H groups in total. The van der Waals surface area contributed by atoms with Gasteiger partial charge < -0.3 is 4.90 Å². The van der Waals surface area contributed by atoms with Gasteiger partial charge >= 0.3 is 0 Å². The van der Waals surface area contributed by atoms with E-state index in [0.717, 1.165) is 5.69 Å². The van der Waals surface area contributed by atoms with E-state index in [0.29, 0.717) is 0 Å². The summed E-state index contributed by atoms with van der Waals surface area (Å²) in [5.74, 6) is 0. The Morgan fingerprint density at radius 1 is 0.425 bits per heavy atom. The zero-order valence-electron chi connectivity index (χ0n) is 21.8. The molecule has 0 atom stereocenters. The topological polar surface area (TPSA) is 3.24 Å². The molecule has 1 heterocycles. The fraction of sp³-hybridized carbons (Fsp3) is 0. The summed E-state index contributed by atoms with van der Waals surface area (Å²) >= 11 is 1.90. The first kappa shape index (κ1) is 23.1. The second-order valence-corrected chi connectivity index (χ2v) is 11.2. The molecule has 0 aromatic heterocycles. The highest BCUT2D eigenvalue weighted by molar-refractivity contribution is 8.00. The van der Waals surface area contributed by atoms with Gasteiger partial charge in [-0.2, -0.15) is 0 Å². The summed E-state index contributed by atoms with van der Waals surface area (Å²) in [5.41, 5.74) is 8.62. The van der Waals surface area contributed by atoms with Crippen LogP contribution in [0, 0.1) is 0 Å². The fourth-order valence-electron chi connectivity index (χ4n) is 6.04. The van der Waals surface area contributed by atoms with Crippen LogP contribution in [0.4, 0.5) is 17.1 Å². The minimum atomic E-state index is 1.16. The molecule has 2 heteroatoms. The Hall–Kier alpha value is -4.79. The fourth-order valence-corrected chi connectivity index (χ4v) is 7.28. The lowest BCUT2D eigenvalue weighted by Crippen LogP contribution is -2.16. The third-order valence-corrected chi connectivity index (χ3v) is 8.98. The maximum Gasteiger partial charge on any atom is 0.0680 e. The Kier molecular flexibility index (Phi) is 5.46. The summed E-state index contributed by atoms with van der Waals surface area (Å²) in [6.07, 6.45) is 0. The molecule has 0 bridgehead atoms. The van der Waals surface area contributed by atoms with Crippen molar-refractivity contribution in [3.63, 3.8) is 0 Å². The summed E-state index contributed by atoms with van der Waals surface area (Å²) in [7, 11) is 0. The SMILES string of the molecule is c1ccc(-c2cc3c(c4ccccc24)Sc2cc(-c4ccccc4)c4ccccc4c2N3c2ccccc2)cc1. The highest BCUT2D eigenvalue weighted by Crippen LogP contribution is 2.58. The van der Waals surface area contributed by atoms with Crippen molar-refractivity contribution < 1.29 is 0 Å². The number of hydrogen-bond acceptors (Lipinski definition) is 2. The molecule has 0 amide bonds. The van der Waals surface area contributed by atoms with Gasteiger partial charge in [-0.1, -0.05) is 139 Å². The zero-order valence-corrected chi connectivity index (χ0v) is 22.6. The molecule has 0 spiro atoms. The van der Waals surface area contributed by atoms with Gasteiger partial charge in [0.15, 0.2) is 0 Å². The summed E-state index contributed by atoms with van der Waals surface area (Å²) in [5, 5.41) is 5.09. The lowest BCUT2D eigenvalue weighted by atomic mass is 9.94. The van der Waals surface area contributed by atoms with Gasteiger partial charge in [-0.15, -0.1) is 0 Å². The summed E-state index contributed by atoms with van der Waals surface area (Å²) in [4.78, 5) is 5.05. The monoisotopic (exact) mass is 527 g/mol. The summed E-state index contributed by atoms with van der Waals surface area (Å²) in [6, 6.07) is 54.9. The average molecular weight is 528 g/mol. The second-order valence-electron chi connectivity index (χ2n) is 10.1. The van der Waals surface area contributed by atoms with Gasteiger partial charge in [0.1, 0.15) is 0 Å². The van der Waals surface area contributed by atoms with E-state index in [1.165, 1.54) is 65.0 Å². The lowest BCUT2D eigenvalue weighted by Gasteiger charge is -2.36. The Bertz CT molecular complexity index is 2020. The van der Waals surface area contributed by atoms with E-state index in [2.05, 4.69) is 157 Å². The predicted molar refractivity (Wildman–Crippen MR) is 171 cm³/mol. The minimum absolute atomic E-state index is 1.16. The third kappa shape index (κ3) is 3.65. The summed E-state index contributed by atoms with van der Waals surface area (Å²) < 4.78 is 0.